The lowest BCUT2D eigenvalue weighted by Gasteiger charge is -2.21. The summed E-state index contributed by atoms with van der Waals surface area (Å²) in [6, 6.07) is 0. The predicted octanol–water partition coefficient (Wildman–Crippen LogP) is 2.10. The maximum absolute atomic E-state index is 5.63. The van der Waals surface area contributed by atoms with Gasteiger partial charge in [-0.3, -0.25) is 0 Å². The van der Waals surface area contributed by atoms with E-state index in [4.69, 9.17) is 14.7 Å². The number of hydrogen-bond donors (Lipinski definition) is 1. The molecule has 3 rings (SSSR count). The van der Waals surface area contributed by atoms with Gasteiger partial charge in [0.15, 0.2) is 5.82 Å². The number of hydrogen-bond acceptors (Lipinski definition) is 4. The zero-order valence-electron chi connectivity index (χ0n) is 11.2. The number of nitrogens with zero attached hydrogens (tertiary/aromatic N) is 2. The van der Waals surface area contributed by atoms with Crippen LogP contribution in [0.4, 0.5) is 0 Å². The molecule has 2 aliphatic rings. The molecule has 98 valence electrons. The fourth-order valence-electron chi connectivity index (χ4n) is 2.59. The van der Waals surface area contributed by atoms with E-state index >= 15 is 0 Å². The number of aromatic nitrogens is 2. The third kappa shape index (κ3) is 2.27. The van der Waals surface area contributed by atoms with Gasteiger partial charge < -0.3 is 10.1 Å². The molecule has 1 saturated carbocycles. The molecule has 0 spiro atoms. The van der Waals surface area contributed by atoms with Crippen molar-refractivity contribution in [1.82, 2.24) is 15.3 Å². The van der Waals surface area contributed by atoms with Gasteiger partial charge in [-0.2, -0.15) is 0 Å². The van der Waals surface area contributed by atoms with Crippen LogP contribution in [-0.2, 0) is 17.7 Å². The van der Waals surface area contributed by atoms with Crippen molar-refractivity contribution >= 4 is 0 Å². The molecule has 1 aliphatic heterocycles. The van der Waals surface area contributed by atoms with Gasteiger partial charge >= 0.3 is 0 Å². The molecular formula is C14H21N3O. The average Bonchev–Trinajstić information content (AvgIpc) is 3.22. The van der Waals surface area contributed by atoms with Crippen LogP contribution in [0.2, 0.25) is 0 Å². The maximum Gasteiger partial charge on any atom is 0.157 e. The minimum atomic E-state index is 0.00712. The lowest BCUT2D eigenvalue weighted by molar-refractivity contribution is 0.0696. The van der Waals surface area contributed by atoms with Crippen LogP contribution in [0.25, 0.3) is 0 Å². The van der Waals surface area contributed by atoms with E-state index in [9.17, 15) is 0 Å². The van der Waals surface area contributed by atoms with Gasteiger partial charge in [0.25, 0.3) is 0 Å². The predicted molar refractivity (Wildman–Crippen MR) is 69.5 cm³/mol. The molecule has 1 fully saturated rings. The molecule has 1 aromatic rings. The van der Waals surface area contributed by atoms with Crippen LogP contribution in [0.5, 0.6) is 0 Å². The van der Waals surface area contributed by atoms with Crippen molar-refractivity contribution < 1.29 is 4.74 Å². The first-order valence-electron chi connectivity index (χ1n) is 7.01. The second-order valence-electron chi connectivity index (χ2n) is 5.19. The van der Waals surface area contributed by atoms with Crippen molar-refractivity contribution in [2.75, 3.05) is 13.2 Å². The standard InChI is InChI=1S/C14H21N3O/c1-3-18-9(2)14-16-12-6-7-15-8-11(12)13(17-14)10-4-5-10/h9-10,15H,3-8H2,1-2H3. The van der Waals surface area contributed by atoms with Crippen molar-refractivity contribution in [3.05, 3.63) is 22.8 Å². The van der Waals surface area contributed by atoms with Gasteiger partial charge in [-0.05, 0) is 26.7 Å². The summed E-state index contributed by atoms with van der Waals surface area (Å²) in [6.07, 6.45) is 3.59. The highest BCUT2D eigenvalue weighted by atomic mass is 16.5. The second kappa shape index (κ2) is 4.94. The molecule has 0 bridgehead atoms. The van der Waals surface area contributed by atoms with Gasteiger partial charge in [0, 0.05) is 37.6 Å². The summed E-state index contributed by atoms with van der Waals surface area (Å²) in [5, 5.41) is 3.43. The van der Waals surface area contributed by atoms with Gasteiger partial charge in [-0.25, -0.2) is 9.97 Å². The summed E-state index contributed by atoms with van der Waals surface area (Å²) >= 11 is 0. The Morgan fingerprint density at radius 1 is 1.39 bits per heavy atom. The Morgan fingerprint density at radius 2 is 2.22 bits per heavy atom. The summed E-state index contributed by atoms with van der Waals surface area (Å²) < 4.78 is 5.63. The van der Waals surface area contributed by atoms with E-state index in [0.717, 1.165) is 25.3 Å². The molecular weight excluding hydrogens is 226 g/mol. The van der Waals surface area contributed by atoms with E-state index in [1.54, 1.807) is 0 Å². The van der Waals surface area contributed by atoms with E-state index in [2.05, 4.69) is 5.32 Å². The summed E-state index contributed by atoms with van der Waals surface area (Å²) in [6.45, 7) is 6.73. The summed E-state index contributed by atoms with van der Waals surface area (Å²) in [4.78, 5) is 9.52. The average molecular weight is 247 g/mol. The molecule has 0 radical (unpaired) electrons. The third-order valence-corrected chi connectivity index (χ3v) is 3.73. The van der Waals surface area contributed by atoms with Gasteiger partial charge in [-0.1, -0.05) is 0 Å². The molecule has 1 aliphatic carbocycles. The molecule has 1 atom stereocenters. The molecule has 18 heavy (non-hydrogen) atoms. The first-order valence-corrected chi connectivity index (χ1v) is 7.01. The fourth-order valence-corrected chi connectivity index (χ4v) is 2.59. The molecule has 0 saturated heterocycles. The Bertz CT molecular complexity index is 443. The van der Waals surface area contributed by atoms with Crippen LogP contribution < -0.4 is 5.32 Å². The first-order chi connectivity index (χ1) is 8.79. The van der Waals surface area contributed by atoms with Crippen molar-refractivity contribution in [2.45, 2.75) is 51.7 Å². The van der Waals surface area contributed by atoms with Crippen LogP contribution in [-0.4, -0.2) is 23.1 Å². The van der Waals surface area contributed by atoms with Gasteiger partial charge in [0.05, 0.1) is 11.4 Å². The minimum Gasteiger partial charge on any atom is -0.371 e. The van der Waals surface area contributed by atoms with E-state index in [1.807, 2.05) is 13.8 Å². The number of rotatable bonds is 4. The monoisotopic (exact) mass is 247 g/mol. The maximum atomic E-state index is 5.63. The molecule has 1 N–H and O–H groups in total. The van der Waals surface area contributed by atoms with E-state index in [0.29, 0.717) is 12.5 Å². The molecule has 1 aromatic heterocycles. The summed E-state index contributed by atoms with van der Waals surface area (Å²) in [5.74, 6) is 1.55. The van der Waals surface area contributed by atoms with Gasteiger partial charge in [0.1, 0.15) is 6.10 Å². The highest BCUT2D eigenvalue weighted by Gasteiger charge is 2.31. The third-order valence-electron chi connectivity index (χ3n) is 3.73. The Hall–Kier alpha value is -1.00. The molecule has 0 aromatic carbocycles. The largest absolute Gasteiger partial charge is 0.371 e. The lowest BCUT2D eigenvalue weighted by Crippen LogP contribution is -2.27. The van der Waals surface area contributed by atoms with Crippen molar-refractivity contribution in [1.29, 1.82) is 0 Å². The SMILES string of the molecule is CCOC(C)c1nc2c(c(C3CC3)n1)CNCC2. The second-order valence-corrected chi connectivity index (χ2v) is 5.19. The van der Waals surface area contributed by atoms with Crippen LogP contribution in [0, 0.1) is 0 Å². The molecule has 0 amide bonds. The van der Waals surface area contributed by atoms with Crippen LogP contribution >= 0.6 is 0 Å². The number of nitrogens with one attached hydrogen (secondary N) is 1. The molecule has 2 heterocycles. The van der Waals surface area contributed by atoms with Crippen molar-refractivity contribution in [2.24, 2.45) is 0 Å². The fraction of sp³-hybridized carbons (Fsp3) is 0.714. The number of ether oxygens (including phenoxy) is 1. The van der Waals surface area contributed by atoms with E-state index < -0.39 is 0 Å². The normalized spacial score (nSPS) is 20.6. The summed E-state index contributed by atoms with van der Waals surface area (Å²) in [5.41, 5.74) is 3.89. The topological polar surface area (TPSA) is 47.0 Å². The zero-order valence-corrected chi connectivity index (χ0v) is 11.2. The van der Waals surface area contributed by atoms with Gasteiger partial charge in [-0.15, -0.1) is 0 Å². The highest BCUT2D eigenvalue weighted by molar-refractivity contribution is 5.33. The summed E-state index contributed by atoms with van der Waals surface area (Å²) in [7, 11) is 0. The molecule has 4 nitrogen and oxygen atoms in total. The van der Waals surface area contributed by atoms with E-state index in [1.165, 1.54) is 29.8 Å². The number of fused-ring (bicyclic) bond motifs is 1. The van der Waals surface area contributed by atoms with Crippen molar-refractivity contribution in [3.63, 3.8) is 0 Å². The minimum absolute atomic E-state index is 0.00712. The zero-order chi connectivity index (χ0) is 12.5. The Balaban J connectivity index is 1.98. The molecule has 1 unspecified atom stereocenters. The highest BCUT2D eigenvalue weighted by Crippen LogP contribution is 2.41. The van der Waals surface area contributed by atoms with Crippen LogP contribution in [0.1, 0.15) is 61.5 Å². The Morgan fingerprint density at radius 3 is 2.94 bits per heavy atom. The van der Waals surface area contributed by atoms with Crippen molar-refractivity contribution in [3.8, 4) is 0 Å². The van der Waals surface area contributed by atoms with E-state index in [-0.39, 0.29) is 6.10 Å². The first kappa shape index (κ1) is 12.1. The smallest absolute Gasteiger partial charge is 0.157 e. The van der Waals surface area contributed by atoms with Gasteiger partial charge in [0.2, 0.25) is 0 Å². The Kier molecular flexibility index (Phi) is 3.31. The molecule has 4 heteroatoms. The van der Waals surface area contributed by atoms with Crippen LogP contribution in [0.15, 0.2) is 0 Å². The lowest BCUT2D eigenvalue weighted by atomic mass is 10.0. The Labute approximate surface area is 108 Å². The van der Waals surface area contributed by atoms with Crippen LogP contribution in [0.3, 0.4) is 0 Å². The quantitative estimate of drug-likeness (QED) is 0.885.